The second-order valence-electron chi connectivity index (χ2n) is 4.93. The van der Waals surface area contributed by atoms with Crippen molar-refractivity contribution in [3.63, 3.8) is 0 Å². The largest absolute Gasteiger partial charge is 0.310 e. The Bertz CT molecular complexity index is 312. The minimum absolute atomic E-state index is 0.597. The van der Waals surface area contributed by atoms with E-state index in [4.69, 9.17) is 0 Å². The van der Waals surface area contributed by atoms with Crippen LogP contribution < -0.4 is 5.32 Å². The fourth-order valence-electron chi connectivity index (χ4n) is 2.90. The first-order valence-electron chi connectivity index (χ1n) is 6.58. The molecule has 0 radical (unpaired) electrons. The third-order valence-corrected chi connectivity index (χ3v) is 4.63. The first kappa shape index (κ1) is 12.1. The first-order chi connectivity index (χ1) is 7.81. The second-order valence-corrected chi connectivity index (χ2v) is 6.05. The molecule has 1 unspecified atom stereocenters. The highest BCUT2D eigenvalue weighted by molar-refractivity contribution is 7.10. The van der Waals surface area contributed by atoms with Gasteiger partial charge in [0.05, 0.1) is 0 Å². The van der Waals surface area contributed by atoms with Gasteiger partial charge in [0.15, 0.2) is 0 Å². The van der Waals surface area contributed by atoms with E-state index in [-0.39, 0.29) is 0 Å². The number of hydrogen-bond acceptors (Lipinski definition) is 2. The molecule has 1 aromatic rings. The van der Waals surface area contributed by atoms with Crippen molar-refractivity contribution in [2.45, 2.75) is 52.0 Å². The fourth-order valence-corrected chi connectivity index (χ4v) is 3.67. The summed E-state index contributed by atoms with van der Waals surface area (Å²) in [4.78, 5) is 1.49. The number of thiophene rings is 1. The van der Waals surface area contributed by atoms with Gasteiger partial charge in [0, 0.05) is 10.9 Å². The molecule has 0 aliphatic heterocycles. The molecule has 0 saturated heterocycles. The summed E-state index contributed by atoms with van der Waals surface area (Å²) in [6.45, 7) is 5.54. The first-order valence-corrected chi connectivity index (χ1v) is 7.46. The maximum Gasteiger partial charge on any atom is 0.0333 e. The van der Waals surface area contributed by atoms with E-state index in [9.17, 15) is 0 Å². The van der Waals surface area contributed by atoms with Crippen LogP contribution in [0.1, 0.15) is 55.5 Å². The third-order valence-electron chi connectivity index (χ3n) is 3.77. The number of hydrogen-bond donors (Lipinski definition) is 1. The highest BCUT2D eigenvalue weighted by atomic mass is 32.1. The summed E-state index contributed by atoms with van der Waals surface area (Å²) in [5, 5.41) is 5.89. The van der Waals surface area contributed by atoms with Crippen LogP contribution in [0.3, 0.4) is 0 Å². The third kappa shape index (κ3) is 2.86. The monoisotopic (exact) mass is 237 g/mol. The zero-order chi connectivity index (χ0) is 11.4. The molecule has 0 amide bonds. The van der Waals surface area contributed by atoms with Crippen molar-refractivity contribution < 1.29 is 0 Å². The molecule has 1 N–H and O–H groups in total. The van der Waals surface area contributed by atoms with Crippen molar-refractivity contribution in [1.82, 2.24) is 5.32 Å². The van der Waals surface area contributed by atoms with Crippen LogP contribution in [0.4, 0.5) is 0 Å². The summed E-state index contributed by atoms with van der Waals surface area (Å²) in [5.74, 6) is 0.961. The standard InChI is InChI=1S/C14H23NS/c1-3-15-14(10-12-6-4-5-7-12)13-8-9-16-11(13)2/h8-9,12,14-15H,3-7,10H2,1-2H3. The smallest absolute Gasteiger partial charge is 0.0333 e. The molecule has 1 heterocycles. The van der Waals surface area contributed by atoms with Crippen molar-refractivity contribution in [2.75, 3.05) is 6.54 Å². The van der Waals surface area contributed by atoms with Crippen LogP contribution in [0.5, 0.6) is 0 Å². The fraction of sp³-hybridized carbons (Fsp3) is 0.714. The van der Waals surface area contributed by atoms with Gasteiger partial charge in [0.1, 0.15) is 0 Å². The predicted octanol–water partition coefficient (Wildman–Crippen LogP) is 4.29. The highest BCUT2D eigenvalue weighted by Crippen LogP contribution is 2.34. The molecule has 2 heteroatoms. The minimum atomic E-state index is 0.597. The number of aryl methyl sites for hydroxylation is 1. The van der Waals surface area contributed by atoms with Crippen LogP contribution in [0.15, 0.2) is 11.4 Å². The molecule has 1 nitrogen and oxygen atoms in total. The lowest BCUT2D eigenvalue weighted by Gasteiger charge is -2.21. The van der Waals surface area contributed by atoms with Gasteiger partial charge in [-0.3, -0.25) is 0 Å². The lowest BCUT2D eigenvalue weighted by atomic mass is 9.94. The highest BCUT2D eigenvalue weighted by Gasteiger charge is 2.21. The number of rotatable bonds is 5. The van der Waals surface area contributed by atoms with Gasteiger partial charge in [0.25, 0.3) is 0 Å². The van der Waals surface area contributed by atoms with E-state index in [1.54, 1.807) is 5.56 Å². The topological polar surface area (TPSA) is 12.0 Å². The molecule has 1 aliphatic carbocycles. The second kappa shape index (κ2) is 5.83. The van der Waals surface area contributed by atoms with Gasteiger partial charge in [-0.25, -0.2) is 0 Å². The lowest BCUT2D eigenvalue weighted by molar-refractivity contribution is 0.400. The Hall–Kier alpha value is -0.340. The van der Waals surface area contributed by atoms with Crippen LogP contribution in [0.2, 0.25) is 0 Å². The molecule has 1 saturated carbocycles. The summed E-state index contributed by atoms with van der Waals surface area (Å²) in [6.07, 6.45) is 7.14. The van der Waals surface area contributed by atoms with Gasteiger partial charge >= 0.3 is 0 Å². The van der Waals surface area contributed by atoms with Crippen LogP contribution in [-0.4, -0.2) is 6.54 Å². The quantitative estimate of drug-likeness (QED) is 0.805. The number of nitrogens with one attached hydrogen (secondary N) is 1. The Morgan fingerprint density at radius 1 is 1.44 bits per heavy atom. The SMILES string of the molecule is CCNC(CC1CCCC1)c1ccsc1C. The summed E-state index contributed by atoms with van der Waals surface area (Å²) in [6, 6.07) is 2.90. The van der Waals surface area contributed by atoms with E-state index >= 15 is 0 Å². The average molecular weight is 237 g/mol. The maximum absolute atomic E-state index is 3.66. The van der Waals surface area contributed by atoms with Crippen LogP contribution in [0.25, 0.3) is 0 Å². The van der Waals surface area contributed by atoms with Gasteiger partial charge in [-0.1, -0.05) is 32.6 Å². The summed E-state index contributed by atoms with van der Waals surface area (Å²) in [5.41, 5.74) is 1.54. The van der Waals surface area contributed by atoms with Crippen LogP contribution in [0, 0.1) is 12.8 Å². The summed E-state index contributed by atoms with van der Waals surface area (Å²) in [7, 11) is 0. The molecule has 90 valence electrons. The maximum atomic E-state index is 3.66. The Labute approximate surface area is 103 Å². The molecular formula is C14H23NS. The van der Waals surface area contributed by atoms with Gasteiger partial charge in [0.2, 0.25) is 0 Å². The Morgan fingerprint density at radius 3 is 2.75 bits per heavy atom. The molecule has 0 aromatic carbocycles. The lowest BCUT2D eigenvalue weighted by Crippen LogP contribution is -2.23. The summed E-state index contributed by atoms with van der Waals surface area (Å²) < 4.78 is 0. The Kier molecular flexibility index (Phi) is 4.42. The molecule has 0 spiro atoms. The van der Waals surface area contributed by atoms with Crippen molar-refractivity contribution in [1.29, 1.82) is 0 Å². The van der Waals surface area contributed by atoms with E-state index in [1.165, 1.54) is 37.0 Å². The Morgan fingerprint density at radius 2 is 2.19 bits per heavy atom. The van der Waals surface area contributed by atoms with E-state index in [2.05, 4.69) is 30.6 Å². The predicted molar refractivity (Wildman–Crippen MR) is 72.0 cm³/mol. The normalized spacial score (nSPS) is 19.1. The zero-order valence-electron chi connectivity index (χ0n) is 10.5. The van der Waals surface area contributed by atoms with Crippen LogP contribution in [-0.2, 0) is 0 Å². The van der Waals surface area contributed by atoms with Crippen molar-refractivity contribution >= 4 is 11.3 Å². The molecule has 16 heavy (non-hydrogen) atoms. The molecular weight excluding hydrogens is 214 g/mol. The molecule has 2 rings (SSSR count). The Balaban J connectivity index is 2.01. The minimum Gasteiger partial charge on any atom is -0.310 e. The van der Waals surface area contributed by atoms with Gasteiger partial charge in [-0.05, 0) is 42.8 Å². The van der Waals surface area contributed by atoms with E-state index in [1.807, 2.05) is 11.3 Å². The van der Waals surface area contributed by atoms with E-state index < -0.39 is 0 Å². The van der Waals surface area contributed by atoms with Crippen LogP contribution >= 0.6 is 11.3 Å². The van der Waals surface area contributed by atoms with Gasteiger partial charge < -0.3 is 5.32 Å². The van der Waals surface area contributed by atoms with Crippen molar-refractivity contribution in [3.05, 3.63) is 21.9 Å². The van der Waals surface area contributed by atoms with Crippen molar-refractivity contribution in [2.24, 2.45) is 5.92 Å². The zero-order valence-corrected chi connectivity index (χ0v) is 11.3. The molecule has 0 bridgehead atoms. The molecule has 1 atom stereocenters. The molecule has 1 aromatic heterocycles. The van der Waals surface area contributed by atoms with Gasteiger partial charge in [-0.15, -0.1) is 11.3 Å². The molecule has 1 fully saturated rings. The van der Waals surface area contributed by atoms with Gasteiger partial charge in [-0.2, -0.15) is 0 Å². The average Bonchev–Trinajstić information content (AvgIpc) is 2.88. The van der Waals surface area contributed by atoms with Crippen molar-refractivity contribution in [3.8, 4) is 0 Å². The molecule has 1 aliphatic rings. The van der Waals surface area contributed by atoms with E-state index in [0.717, 1.165) is 12.5 Å². The summed E-state index contributed by atoms with van der Waals surface area (Å²) >= 11 is 1.88. The van der Waals surface area contributed by atoms with E-state index in [0.29, 0.717) is 6.04 Å².